The first kappa shape index (κ1) is 19.7. The van der Waals surface area contributed by atoms with Crippen LogP contribution in [0.25, 0.3) is 5.69 Å². The molecule has 0 saturated carbocycles. The molecule has 1 N–H and O–H groups in total. The van der Waals surface area contributed by atoms with Crippen LogP contribution in [0.2, 0.25) is 0 Å². The minimum atomic E-state index is -4.47. The van der Waals surface area contributed by atoms with Crippen LogP contribution in [0.1, 0.15) is 24.6 Å². The SMILES string of the molecule is C=CCCOC(C)C(=O)NCc1ccc(-n2ccc(C(F)(F)F)n2)cc1. The maximum absolute atomic E-state index is 12.6. The molecule has 8 heteroatoms. The third-order valence-corrected chi connectivity index (χ3v) is 3.61. The first-order chi connectivity index (χ1) is 12.3. The molecule has 1 atom stereocenters. The number of ether oxygens (including phenoxy) is 1. The molecule has 1 aromatic carbocycles. The van der Waals surface area contributed by atoms with Gasteiger partial charge in [-0.15, -0.1) is 6.58 Å². The van der Waals surface area contributed by atoms with Crippen molar-refractivity contribution in [2.75, 3.05) is 6.61 Å². The lowest BCUT2D eigenvalue weighted by atomic mass is 10.2. The summed E-state index contributed by atoms with van der Waals surface area (Å²) < 4.78 is 44.3. The molecule has 0 spiro atoms. The van der Waals surface area contributed by atoms with Crippen LogP contribution in [-0.4, -0.2) is 28.4 Å². The van der Waals surface area contributed by atoms with E-state index in [1.165, 1.54) is 6.20 Å². The van der Waals surface area contributed by atoms with Crippen molar-refractivity contribution in [1.29, 1.82) is 0 Å². The summed E-state index contributed by atoms with van der Waals surface area (Å²) in [6, 6.07) is 7.63. The van der Waals surface area contributed by atoms with E-state index in [0.717, 1.165) is 16.3 Å². The number of halogens is 3. The van der Waals surface area contributed by atoms with E-state index in [9.17, 15) is 18.0 Å². The Bertz CT molecular complexity index is 739. The smallest absolute Gasteiger partial charge is 0.368 e. The van der Waals surface area contributed by atoms with Crippen LogP contribution in [0.5, 0.6) is 0 Å². The van der Waals surface area contributed by atoms with E-state index in [1.807, 2.05) is 0 Å². The third kappa shape index (κ3) is 5.45. The Morgan fingerprint density at radius 3 is 2.62 bits per heavy atom. The van der Waals surface area contributed by atoms with Crippen LogP contribution in [0, 0.1) is 0 Å². The molecule has 2 rings (SSSR count). The molecular weight excluding hydrogens is 347 g/mol. The van der Waals surface area contributed by atoms with Crippen LogP contribution in [0.3, 0.4) is 0 Å². The van der Waals surface area contributed by atoms with E-state index in [2.05, 4.69) is 17.0 Å². The van der Waals surface area contributed by atoms with Gasteiger partial charge in [0.2, 0.25) is 5.91 Å². The summed E-state index contributed by atoms with van der Waals surface area (Å²) in [5.41, 5.74) is 0.361. The van der Waals surface area contributed by atoms with E-state index in [1.54, 1.807) is 37.3 Å². The summed E-state index contributed by atoms with van der Waals surface area (Å²) in [5, 5.41) is 6.26. The van der Waals surface area contributed by atoms with Crippen LogP contribution < -0.4 is 5.32 Å². The Labute approximate surface area is 149 Å². The molecule has 1 amide bonds. The van der Waals surface area contributed by atoms with E-state index in [4.69, 9.17) is 4.74 Å². The number of rotatable bonds is 8. The van der Waals surface area contributed by atoms with Crippen molar-refractivity contribution in [3.63, 3.8) is 0 Å². The van der Waals surface area contributed by atoms with Crippen molar-refractivity contribution in [2.24, 2.45) is 0 Å². The zero-order chi connectivity index (χ0) is 19.2. The first-order valence-electron chi connectivity index (χ1n) is 8.03. The van der Waals surface area contributed by atoms with Gasteiger partial charge >= 0.3 is 6.18 Å². The zero-order valence-corrected chi connectivity index (χ0v) is 14.3. The highest BCUT2D eigenvalue weighted by Gasteiger charge is 2.33. The molecule has 2 aromatic rings. The minimum Gasteiger partial charge on any atom is -0.368 e. The summed E-state index contributed by atoms with van der Waals surface area (Å²) in [7, 11) is 0. The Hall–Kier alpha value is -2.61. The molecule has 0 bridgehead atoms. The fourth-order valence-corrected chi connectivity index (χ4v) is 2.12. The molecular formula is C18H20F3N3O2. The number of alkyl halides is 3. The van der Waals surface area contributed by atoms with Crippen molar-refractivity contribution in [1.82, 2.24) is 15.1 Å². The van der Waals surface area contributed by atoms with Gasteiger partial charge in [0, 0.05) is 12.7 Å². The van der Waals surface area contributed by atoms with Crippen LogP contribution in [-0.2, 0) is 22.3 Å². The topological polar surface area (TPSA) is 56.1 Å². The van der Waals surface area contributed by atoms with Crippen LogP contribution in [0.15, 0.2) is 49.2 Å². The van der Waals surface area contributed by atoms with Crippen molar-refractivity contribution in [2.45, 2.75) is 32.2 Å². The fourth-order valence-electron chi connectivity index (χ4n) is 2.12. The molecule has 0 fully saturated rings. The van der Waals surface area contributed by atoms with E-state index < -0.39 is 18.0 Å². The van der Waals surface area contributed by atoms with Gasteiger partial charge in [0.15, 0.2) is 5.69 Å². The maximum Gasteiger partial charge on any atom is 0.435 e. The predicted octanol–water partition coefficient (Wildman–Crippen LogP) is 3.49. The number of nitrogens with one attached hydrogen (secondary N) is 1. The second kappa shape index (κ2) is 8.66. The third-order valence-electron chi connectivity index (χ3n) is 3.61. The molecule has 26 heavy (non-hydrogen) atoms. The number of carbonyl (C=O) groups excluding carboxylic acids is 1. The molecule has 1 aromatic heterocycles. The Balaban J connectivity index is 1.90. The van der Waals surface area contributed by atoms with Gasteiger partial charge in [-0.05, 0) is 37.1 Å². The Kier molecular flexibility index (Phi) is 6.57. The standard InChI is InChI=1S/C18H20F3N3O2/c1-3-4-11-26-13(2)17(25)22-12-14-5-7-15(8-6-14)24-10-9-16(23-24)18(19,20)21/h3,5-10,13H,1,4,11-12H2,2H3,(H,22,25). The summed E-state index contributed by atoms with van der Waals surface area (Å²) >= 11 is 0. The molecule has 5 nitrogen and oxygen atoms in total. The van der Waals surface area contributed by atoms with Crippen LogP contribution >= 0.6 is 0 Å². The van der Waals surface area contributed by atoms with E-state index in [0.29, 0.717) is 25.3 Å². The number of amides is 1. The highest BCUT2D eigenvalue weighted by Crippen LogP contribution is 2.27. The van der Waals surface area contributed by atoms with Gasteiger partial charge in [0.05, 0.1) is 12.3 Å². The number of nitrogens with zero attached hydrogens (tertiary/aromatic N) is 2. The molecule has 0 aliphatic carbocycles. The summed E-state index contributed by atoms with van der Waals surface area (Å²) in [6.07, 6.45) is -1.41. The number of hydrogen-bond donors (Lipinski definition) is 1. The summed E-state index contributed by atoms with van der Waals surface area (Å²) in [6.45, 7) is 5.96. The molecule has 1 heterocycles. The average Bonchev–Trinajstić information content (AvgIpc) is 3.10. The molecule has 1 unspecified atom stereocenters. The largest absolute Gasteiger partial charge is 0.435 e. The predicted molar refractivity (Wildman–Crippen MR) is 90.6 cm³/mol. The van der Waals surface area contributed by atoms with E-state index >= 15 is 0 Å². The van der Waals surface area contributed by atoms with E-state index in [-0.39, 0.29) is 5.91 Å². The summed E-state index contributed by atoms with van der Waals surface area (Å²) in [4.78, 5) is 11.9. The van der Waals surface area contributed by atoms with Gasteiger partial charge in [-0.1, -0.05) is 18.2 Å². The number of carbonyl (C=O) groups is 1. The zero-order valence-electron chi connectivity index (χ0n) is 14.3. The molecule has 0 aliphatic rings. The Morgan fingerprint density at radius 2 is 2.04 bits per heavy atom. The fraction of sp³-hybridized carbons (Fsp3) is 0.333. The van der Waals surface area contributed by atoms with Gasteiger partial charge in [-0.3, -0.25) is 4.79 Å². The lowest BCUT2D eigenvalue weighted by Gasteiger charge is -2.13. The van der Waals surface area contributed by atoms with Gasteiger partial charge in [0.1, 0.15) is 6.10 Å². The second-order valence-electron chi connectivity index (χ2n) is 5.62. The summed E-state index contributed by atoms with van der Waals surface area (Å²) in [5.74, 6) is -0.236. The maximum atomic E-state index is 12.6. The quantitative estimate of drug-likeness (QED) is 0.574. The van der Waals surface area contributed by atoms with Crippen molar-refractivity contribution < 1.29 is 22.7 Å². The molecule has 0 aliphatic heterocycles. The number of hydrogen-bond acceptors (Lipinski definition) is 3. The number of aromatic nitrogens is 2. The normalized spacial score (nSPS) is 12.6. The van der Waals surface area contributed by atoms with Gasteiger partial charge in [-0.25, -0.2) is 4.68 Å². The van der Waals surface area contributed by atoms with Crippen molar-refractivity contribution in [3.05, 3.63) is 60.4 Å². The minimum absolute atomic E-state index is 0.236. The highest BCUT2D eigenvalue weighted by molar-refractivity contribution is 5.80. The lowest BCUT2D eigenvalue weighted by molar-refractivity contribution is -0.141. The van der Waals surface area contributed by atoms with Crippen molar-refractivity contribution >= 4 is 5.91 Å². The molecule has 0 radical (unpaired) electrons. The highest BCUT2D eigenvalue weighted by atomic mass is 19.4. The van der Waals surface area contributed by atoms with Gasteiger partial charge < -0.3 is 10.1 Å². The van der Waals surface area contributed by atoms with Crippen molar-refractivity contribution in [3.8, 4) is 5.69 Å². The number of benzene rings is 1. The molecule has 140 valence electrons. The monoisotopic (exact) mass is 367 g/mol. The van der Waals surface area contributed by atoms with Gasteiger partial charge in [-0.2, -0.15) is 18.3 Å². The van der Waals surface area contributed by atoms with Crippen LogP contribution in [0.4, 0.5) is 13.2 Å². The lowest BCUT2D eigenvalue weighted by Crippen LogP contribution is -2.34. The average molecular weight is 367 g/mol. The molecule has 0 saturated heterocycles. The Morgan fingerprint density at radius 1 is 1.35 bits per heavy atom. The first-order valence-corrected chi connectivity index (χ1v) is 8.03. The second-order valence-corrected chi connectivity index (χ2v) is 5.62. The van der Waals surface area contributed by atoms with Gasteiger partial charge in [0.25, 0.3) is 0 Å².